The van der Waals surface area contributed by atoms with Crippen molar-refractivity contribution in [3.05, 3.63) is 53.9 Å². The highest BCUT2D eigenvalue weighted by molar-refractivity contribution is 5.73. The number of benzene rings is 1. The summed E-state index contributed by atoms with van der Waals surface area (Å²) in [6.45, 7) is 4.39. The van der Waals surface area contributed by atoms with Gasteiger partial charge in [0.2, 0.25) is 5.71 Å². The van der Waals surface area contributed by atoms with Gasteiger partial charge >= 0.3 is 0 Å². The predicted octanol–water partition coefficient (Wildman–Crippen LogP) is 4.10. The minimum absolute atomic E-state index is 0.0314. The number of nitriles is 1. The fourth-order valence-electron chi connectivity index (χ4n) is 2.29. The number of rotatable bonds is 5. The molecule has 116 valence electrons. The minimum Gasteiger partial charge on any atom is -0.490 e. The quantitative estimate of drug-likeness (QED) is 0.768. The summed E-state index contributed by atoms with van der Waals surface area (Å²) >= 11 is 0. The number of pyridine rings is 1. The summed E-state index contributed by atoms with van der Waals surface area (Å²) in [6.07, 6.45) is 1.74. The van der Waals surface area contributed by atoms with Crippen LogP contribution in [0.15, 0.2) is 47.0 Å². The topological polar surface area (TPSA) is 71.1 Å². The SMILES string of the molecule is CC(C)Oc1ccc(NCc2cc3cccnc3o2)cc1C#N. The zero-order valence-electron chi connectivity index (χ0n) is 13.0. The van der Waals surface area contributed by atoms with Gasteiger partial charge in [-0.1, -0.05) is 0 Å². The largest absolute Gasteiger partial charge is 0.490 e. The Hall–Kier alpha value is -3.00. The molecule has 2 heterocycles. The van der Waals surface area contributed by atoms with E-state index in [1.165, 1.54) is 0 Å². The Morgan fingerprint density at radius 3 is 2.91 bits per heavy atom. The van der Waals surface area contributed by atoms with Crippen LogP contribution in [0.4, 0.5) is 5.69 Å². The number of hydrogen-bond donors (Lipinski definition) is 1. The van der Waals surface area contributed by atoms with Gasteiger partial charge in [0.25, 0.3) is 0 Å². The third-order valence-electron chi connectivity index (χ3n) is 3.27. The lowest BCUT2D eigenvalue weighted by atomic mass is 10.2. The van der Waals surface area contributed by atoms with Gasteiger partial charge in [0.05, 0.1) is 18.2 Å². The van der Waals surface area contributed by atoms with Crippen LogP contribution in [0.3, 0.4) is 0 Å². The van der Waals surface area contributed by atoms with Crippen molar-refractivity contribution in [3.8, 4) is 11.8 Å². The highest BCUT2D eigenvalue weighted by atomic mass is 16.5. The summed E-state index contributed by atoms with van der Waals surface area (Å²) in [4.78, 5) is 4.17. The van der Waals surface area contributed by atoms with E-state index < -0.39 is 0 Å². The highest BCUT2D eigenvalue weighted by Gasteiger charge is 2.08. The summed E-state index contributed by atoms with van der Waals surface area (Å²) in [6, 6.07) is 13.4. The molecule has 0 aliphatic heterocycles. The lowest BCUT2D eigenvalue weighted by Crippen LogP contribution is -2.07. The van der Waals surface area contributed by atoms with Gasteiger partial charge in [-0.3, -0.25) is 0 Å². The maximum Gasteiger partial charge on any atom is 0.226 e. The van der Waals surface area contributed by atoms with E-state index in [1.54, 1.807) is 18.3 Å². The lowest BCUT2D eigenvalue weighted by molar-refractivity contribution is 0.242. The Labute approximate surface area is 134 Å². The molecular weight excluding hydrogens is 290 g/mol. The molecule has 0 radical (unpaired) electrons. The van der Waals surface area contributed by atoms with E-state index in [0.717, 1.165) is 16.8 Å². The van der Waals surface area contributed by atoms with Crippen LogP contribution in [0.2, 0.25) is 0 Å². The molecule has 23 heavy (non-hydrogen) atoms. The molecule has 0 bridgehead atoms. The van der Waals surface area contributed by atoms with E-state index in [1.807, 2.05) is 38.1 Å². The van der Waals surface area contributed by atoms with Gasteiger partial charge < -0.3 is 14.5 Å². The number of ether oxygens (including phenoxy) is 1. The van der Waals surface area contributed by atoms with Crippen molar-refractivity contribution in [1.29, 1.82) is 5.26 Å². The zero-order valence-corrected chi connectivity index (χ0v) is 13.0. The molecule has 0 saturated carbocycles. The standard InChI is InChI=1S/C18H17N3O2/c1-12(2)22-17-6-5-15(8-14(17)10-19)21-11-16-9-13-4-3-7-20-18(13)23-16/h3-9,12,21H,11H2,1-2H3. The molecule has 5 heteroatoms. The summed E-state index contributed by atoms with van der Waals surface area (Å²) in [5, 5.41) is 13.5. The van der Waals surface area contributed by atoms with E-state index in [9.17, 15) is 5.26 Å². The van der Waals surface area contributed by atoms with Crippen LogP contribution >= 0.6 is 0 Å². The smallest absolute Gasteiger partial charge is 0.226 e. The Balaban J connectivity index is 1.74. The Kier molecular flexibility index (Phi) is 4.15. The van der Waals surface area contributed by atoms with Crippen LogP contribution in [0.1, 0.15) is 25.2 Å². The molecular formula is C18H17N3O2. The van der Waals surface area contributed by atoms with E-state index in [4.69, 9.17) is 9.15 Å². The van der Waals surface area contributed by atoms with Crippen molar-refractivity contribution in [2.24, 2.45) is 0 Å². The van der Waals surface area contributed by atoms with Crippen molar-refractivity contribution in [2.75, 3.05) is 5.32 Å². The molecule has 0 unspecified atom stereocenters. The van der Waals surface area contributed by atoms with Gasteiger partial charge in [-0.05, 0) is 50.2 Å². The number of nitrogens with zero attached hydrogens (tertiary/aromatic N) is 2. The Morgan fingerprint density at radius 2 is 2.17 bits per heavy atom. The predicted molar refractivity (Wildman–Crippen MR) is 88.3 cm³/mol. The molecule has 5 nitrogen and oxygen atoms in total. The first-order valence-electron chi connectivity index (χ1n) is 7.44. The summed E-state index contributed by atoms with van der Waals surface area (Å²) < 4.78 is 11.3. The molecule has 0 aliphatic carbocycles. The highest BCUT2D eigenvalue weighted by Crippen LogP contribution is 2.24. The zero-order chi connectivity index (χ0) is 16.2. The molecule has 2 aromatic heterocycles. The Bertz CT molecular complexity index is 829. The third kappa shape index (κ3) is 3.43. The van der Waals surface area contributed by atoms with Gasteiger partial charge in [0.15, 0.2) is 0 Å². The number of furan rings is 1. The van der Waals surface area contributed by atoms with Crippen molar-refractivity contribution in [3.63, 3.8) is 0 Å². The van der Waals surface area contributed by atoms with Crippen LogP contribution in [0.25, 0.3) is 11.1 Å². The second kappa shape index (κ2) is 6.41. The van der Waals surface area contributed by atoms with Gasteiger partial charge in [0, 0.05) is 17.3 Å². The number of fused-ring (bicyclic) bond motifs is 1. The number of nitrogens with one attached hydrogen (secondary N) is 1. The first-order chi connectivity index (χ1) is 11.2. The number of hydrogen-bond acceptors (Lipinski definition) is 5. The molecule has 0 atom stereocenters. The third-order valence-corrected chi connectivity index (χ3v) is 3.27. The summed E-state index contributed by atoms with van der Waals surface area (Å²) in [5.41, 5.74) is 1.98. The average molecular weight is 307 g/mol. The molecule has 3 rings (SSSR count). The average Bonchev–Trinajstić information content (AvgIpc) is 2.96. The fraction of sp³-hybridized carbons (Fsp3) is 0.222. The summed E-state index contributed by atoms with van der Waals surface area (Å²) in [7, 11) is 0. The van der Waals surface area contributed by atoms with Crippen LogP contribution in [0.5, 0.6) is 5.75 Å². The maximum atomic E-state index is 9.25. The van der Waals surface area contributed by atoms with Crippen molar-refractivity contribution >= 4 is 16.8 Å². The monoisotopic (exact) mass is 307 g/mol. The molecule has 0 spiro atoms. The second-order valence-electron chi connectivity index (χ2n) is 5.45. The van der Waals surface area contributed by atoms with Crippen molar-refractivity contribution in [2.45, 2.75) is 26.5 Å². The van der Waals surface area contributed by atoms with Crippen molar-refractivity contribution < 1.29 is 9.15 Å². The van der Waals surface area contributed by atoms with E-state index in [0.29, 0.717) is 23.6 Å². The van der Waals surface area contributed by atoms with E-state index >= 15 is 0 Å². The fourth-order valence-corrected chi connectivity index (χ4v) is 2.29. The van der Waals surface area contributed by atoms with Crippen LogP contribution in [-0.2, 0) is 6.54 Å². The van der Waals surface area contributed by atoms with Crippen LogP contribution in [0, 0.1) is 11.3 Å². The Morgan fingerprint density at radius 1 is 1.30 bits per heavy atom. The summed E-state index contributed by atoms with van der Waals surface area (Å²) in [5.74, 6) is 1.39. The number of anilines is 1. The normalized spacial score (nSPS) is 10.7. The molecule has 0 aliphatic rings. The first kappa shape index (κ1) is 14.9. The second-order valence-corrected chi connectivity index (χ2v) is 5.45. The van der Waals surface area contributed by atoms with Crippen LogP contribution < -0.4 is 10.1 Å². The number of aromatic nitrogens is 1. The lowest BCUT2D eigenvalue weighted by Gasteiger charge is -2.12. The maximum absolute atomic E-state index is 9.25. The van der Waals surface area contributed by atoms with E-state index in [2.05, 4.69) is 16.4 Å². The van der Waals surface area contributed by atoms with Crippen LogP contribution in [-0.4, -0.2) is 11.1 Å². The van der Waals surface area contributed by atoms with Gasteiger partial charge in [-0.2, -0.15) is 5.26 Å². The molecule has 0 saturated heterocycles. The minimum atomic E-state index is 0.0314. The molecule has 0 fully saturated rings. The molecule has 3 aromatic rings. The molecule has 1 aromatic carbocycles. The van der Waals surface area contributed by atoms with Gasteiger partial charge in [0.1, 0.15) is 17.6 Å². The van der Waals surface area contributed by atoms with Gasteiger partial charge in [-0.25, -0.2) is 4.98 Å². The van der Waals surface area contributed by atoms with Crippen molar-refractivity contribution in [1.82, 2.24) is 4.98 Å². The molecule has 1 N–H and O–H groups in total. The van der Waals surface area contributed by atoms with Gasteiger partial charge in [-0.15, -0.1) is 0 Å². The van der Waals surface area contributed by atoms with E-state index in [-0.39, 0.29) is 6.10 Å². The molecule has 0 amide bonds. The first-order valence-corrected chi connectivity index (χ1v) is 7.44.